The average Bonchev–Trinajstić information content (AvgIpc) is 3.13. The van der Waals surface area contributed by atoms with E-state index in [-0.39, 0.29) is 0 Å². The number of carbonyl (C=O) groups excluding carboxylic acids is 1. The van der Waals surface area contributed by atoms with E-state index in [1.54, 1.807) is 72.8 Å². The molecule has 0 saturated carbocycles. The zero-order valence-corrected chi connectivity index (χ0v) is 29.2. The van der Waals surface area contributed by atoms with Crippen LogP contribution in [0.4, 0.5) is 46.3 Å². The quantitative estimate of drug-likeness (QED) is 0.0229. The number of hydrogen-bond acceptors (Lipinski definition) is 11. The number of rotatable bonds is 20. The van der Waals surface area contributed by atoms with Crippen LogP contribution in [-0.2, 0) is 0 Å². The van der Waals surface area contributed by atoms with Crippen LogP contribution in [0.15, 0.2) is 97.1 Å². The van der Waals surface area contributed by atoms with Crippen molar-refractivity contribution in [2.75, 3.05) is 34.0 Å². The van der Waals surface area contributed by atoms with E-state index in [1.165, 1.54) is 57.8 Å². The topological polar surface area (TPSA) is 162 Å². The maximum absolute atomic E-state index is 12.8. The van der Waals surface area contributed by atoms with Gasteiger partial charge in [-0.15, -0.1) is 0 Å². The standard InChI is InChI=1S/C40H48N8O3/c1-2-3-4-5-6-7-8-9-10-11-28-50-35-24-12-29(13-25-35)37(49)51-36-26-22-34(23-27-36)45-40-47-38(43-32-18-14-30(41)15-19-32)46-39(48-40)44-33-20-16-31(42)17-21-33/h12-27H,2-11,28,41-42H2,1H3,(H3,43,44,45,46,47,48). The van der Waals surface area contributed by atoms with Crippen LogP contribution in [0, 0.1) is 0 Å². The number of esters is 1. The van der Waals surface area contributed by atoms with Gasteiger partial charge in [0.05, 0.1) is 12.2 Å². The van der Waals surface area contributed by atoms with Crippen molar-refractivity contribution >= 4 is 52.3 Å². The van der Waals surface area contributed by atoms with Crippen LogP contribution in [0.1, 0.15) is 81.5 Å². The molecule has 0 fully saturated rings. The van der Waals surface area contributed by atoms with Crippen LogP contribution in [0.25, 0.3) is 0 Å². The fraction of sp³-hybridized carbons (Fsp3) is 0.300. The SMILES string of the molecule is CCCCCCCCCCCCOc1ccc(C(=O)Oc2ccc(Nc3nc(Nc4ccc(N)cc4)nc(Nc4ccc(N)cc4)n3)cc2)cc1. The van der Waals surface area contributed by atoms with Gasteiger partial charge in [0.1, 0.15) is 11.5 Å². The van der Waals surface area contributed by atoms with E-state index < -0.39 is 5.97 Å². The Bertz CT molecular complexity index is 1720. The third-order valence-electron chi connectivity index (χ3n) is 8.15. The monoisotopic (exact) mass is 688 g/mol. The van der Waals surface area contributed by atoms with Crippen LogP contribution in [0.3, 0.4) is 0 Å². The van der Waals surface area contributed by atoms with Crippen molar-refractivity contribution in [3.8, 4) is 11.5 Å². The van der Waals surface area contributed by atoms with E-state index >= 15 is 0 Å². The number of ether oxygens (including phenoxy) is 2. The zero-order valence-electron chi connectivity index (χ0n) is 29.2. The summed E-state index contributed by atoms with van der Waals surface area (Å²) in [6.45, 7) is 2.93. The van der Waals surface area contributed by atoms with E-state index in [0.29, 0.717) is 52.8 Å². The number of unbranched alkanes of at least 4 members (excludes halogenated alkanes) is 9. The molecular weight excluding hydrogens is 640 g/mol. The van der Waals surface area contributed by atoms with Gasteiger partial charge in [-0.05, 0) is 103 Å². The molecule has 1 aromatic heterocycles. The molecule has 0 saturated heterocycles. The summed E-state index contributed by atoms with van der Waals surface area (Å²) in [6.07, 6.45) is 12.8. The van der Waals surface area contributed by atoms with E-state index in [4.69, 9.17) is 20.9 Å². The van der Waals surface area contributed by atoms with Crippen molar-refractivity contribution in [2.45, 2.75) is 71.1 Å². The van der Waals surface area contributed by atoms with Crippen LogP contribution >= 0.6 is 0 Å². The number of nitrogens with zero attached hydrogens (tertiary/aromatic N) is 3. The number of aromatic nitrogens is 3. The molecule has 7 N–H and O–H groups in total. The van der Waals surface area contributed by atoms with Gasteiger partial charge in [0, 0.05) is 28.4 Å². The second kappa shape index (κ2) is 19.4. The van der Waals surface area contributed by atoms with Gasteiger partial charge in [-0.25, -0.2) is 4.79 Å². The van der Waals surface area contributed by atoms with Gasteiger partial charge in [-0.1, -0.05) is 64.7 Å². The highest BCUT2D eigenvalue weighted by Gasteiger charge is 2.11. The molecule has 11 nitrogen and oxygen atoms in total. The molecule has 5 aromatic rings. The molecule has 51 heavy (non-hydrogen) atoms. The maximum atomic E-state index is 12.8. The molecule has 0 bridgehead atoms. The van der Waals surface area contributed by atoms with Crippen molar-refractivity contribution in [3.63, 3.8) is 0 Å². The Balaban J connectivity index is 1.11. The summed E-state index contributed by atoms with van der Waals surface area (Å²) in [5.41, 5.74) is 15.6. The van der Waals surface area contributed by atoms with Gasteiger partial charge in [-0.3, -0.25) is 0 Å². The highest BCUT2D eigenvalue weighted by atomic mass is 16.5. The fourth-order valence-corrected chi connectivity index (χ4v) is 5.30. The predicted molar refractivity (Wildman–Crippen MR) is 207 cm³/mol. The highest BCUT2D eigenvalue weighted by molar-refractivity contribution is 5.91. The number of nitrogens with one attached hydrogen (secondary N) is 3. The summed E-state index contributed by atoms with van der Waals surface area (Å²) < 4.78 is 11.5. The zero-order chi connectivity index (χ0) is 35.7. The van der Waals surface area contributed by atoms with E-state index in [1.807, 2.05) is 24.3 Å². The van der Waals surface area contributed by atoms with Gasteiger partial charge in [0.15, 0.2) is 0 Å². The van der Waals surface area contributed by atoms with E-state index in [9.17, 15) is 4.79 Å². The number of anilines is 8. The number of nitrogens with two attached hydrogens (primary N) is 2. The molecule has 0 amide bonds. The van der Waals surface area contributed by atoms with Gasteiger partial charge in [0.25, 0.3) is 0 Å². The Morgan fingerprint density at radius 3 is 1.37 bits per heavy atom. The summed E-state index contributed by atoms with van der Waals surface area (Å²) in [5, 5.41) is 9.57. The number of nitrogen functional groups attached to an aromatic ring is 2. The van der Waals surface area contributed by atoms with E-state index in [2.05, 4.69) is 37.8 Å². The minimum atomic E-state index is -0.453. The molecule has 0 spiro atoms. The number of hydrogen-bond donors (Lipinski definition) is 5. The Labute approximate surface area is 300 Å². The Morgan fingerprint density at radius 1 is 0.529 bits per heavy atom. The van der Waals surface area contributed by atoms with Crippen LogP contribution in [-0.4, -0.2) is 27.5 Å². The normalized spacial score (nSPS) is 10.8. The third kappa shape index (κ3) is 12.5. The molecule has 5 rings (SSSR count). The third-order valence-corrected chi connectivity index (χ3v) is 8.15. The lowest BCUT2D eigenvalue weighted by atomic mass is 10.1. The van der Waals surface area contributed by atoms with Crippen molar-refractivity contribution in [2.24, 2.45) is 0 Å². The van der Waals surface area contributed by atoms with Crippen LogP contribution in [0.2, 0.25) is 0 Å². The number of carbonyl (C=O) groups is 1. The molecule has 11 heteroatoms. The first-order valence-electron chi connectivity index (χ1n) is 17.8. The maximum Gasteiger partial charge on any atom is 0.343 e. The molecule has 0 radical (unpaired) electrons. The Kier molecular flexibility index (Phi) is 13.8. The number of benzene rings is 4. The molecular formula is C40H48N8O3. The molecule has 0 atom stereocenters. The first kappa shape index (κ1) is 36.4. The Hall–Kier alpha value is -5.84. The summed E-state index contributed by atoms with van der Waals surface area (Å²) in [6, 6.07) is 28.5. The summed E-state index contributed by atoms with van der Waals surface area (Å²) >= 11 is 0. The van der Waals surface area contributed by atoms with Gasteiger partial charge in [0.2, 0.25) is 17.8 Å². The summed E-state index contributed by atoms with van der Waals surface area (Å²) in [7, 11) is 0. The van der Waals surface area contributed by atoms with Gasteiger partial charge in [-0.2, -0.15) is 15.0 Å². The first-order valence-corrected chi connectivity index (χ1v) is 17.8. The minimum Gasteiger partial charge on any atom is -0.494 e. The summed E-state index contributed by atoms with van der Waals surface area (Å²) in [5.74, 6) is 1.62. The fourth-order valence-electron chi connectivity index (χ4n) is 5.30. The van der Waals surface area contributed by atoms with Crippen molar-refractivity contribution in [1.29, 1.82) is 0 Å². The molecule has 1 heterocycles. The largest absolute Gasteiger partial charge is 0.494 e. The molecule has 0 aliphatic carbocycles. The molecule has 0 aliphatic heterocycles. The minimum absolute atomic E-state index is 0.293. The lowest BCUT2D eigenvalue weighted by molar-refractivity contribution is 0.0734. The lowest BCUT2D eigenvalue weighted by Gasteiger charge is -2.12. The van der Waals surface area contributed by atoms with Crippen LogP contribution in [0.5, 0.6) is 11.5 Å². The highest BCUT2D eigenvalue weighted by Crippen LogP contribution is 2.24. The van der Waals surface area contributed by atoms with E-state index in [0.717, 1.165) is 23.5 Å². The van der Waals surface area contributed by atoms with Crippen molar-refractivity contribution < 1.29 is 14.3 Å². The lowest BCUT2D eigenvalue weighted by Crippen LogP contribution is -2.09. The van der Waals surface area contributed by atoms with Crippen molar-refractivity contribution in [3.05, 3.63) is 103 Å². The predicted octanol–water partition coefficient (Wildman–Crippen LogP) is 9.79. The van der Waals surface area contributed by atoms with Gasteiger partial charge >= 0.3 is 5.97 Å². The van der Waals surface area contributed by atoms with Gasteiger partial charge < -0.3 is 36.9 Å². The molecule has 4 aromatic carbocycles. The average molecular weight is 689 g/mol. The van der Waals surface area contributed by atoms with Crippen molar-refractivity contribution in [1.82, 2.24) is 15.0 Å². The second-order valence-corrected chi connectivity index (χ2v) is 12.4. The van der Waals surface area contributed by atoms with Crippen LogP contribution < -0.4 is 36.9 Å². The molecule has 266 valence electrons. The Morgan fingerprint density at radius 2 is 0.922 bits per heavy atom. The summed E-state index contributed by atoms with van der Waals surface area (Å²) in [4.78, 5) is 26.4. The smallest absolute Gasteiger partial charge is 0.343 e. The first-order chi connectivity index (χ1) is 24.9. The molecule has 0 aliphatic rings. The second-order valence-electron chi connectivity index (χ2n) is 12.4. The molecule has 0 unspecified atom stereocenters.